The number of ether oxygens (including phenoxy) is 2. The Balaban J connectivity index is 1.52. The first kappa shape index (κ1) is 24.3. The number of esters is 1. The maximum absolute atomic E-state index is 12.9. The summed E-state index contributed by atoms with van der Waals surface area (Å²) in [4.78, 5) is 39.5. The lowest BCUT2D eigenvalue weighted by Crippen LogP contribution is -2.27. The summed E-state index contributed by atoms with van der Waals surface area (Å²) in [7, 11) is 0. The fourth-order valence-electron chi connectivity index (χ4n) is 3.48. The molecule has 0 N–H and O–H groups in total. The van der Waals surface area contributed by atoms with E-state index in [0.717, 1.165) is 28.5 Å². The van der Waals surface area contributed by atoms with Gasteiger partial charge in [-0.25, -0.2) is 4.79 Å². The Morgan fingerprint density at radius 3 is 2.23 bits per heavy atom. The molecule has 6 nitrogen and oxygen atoms in total. The second-order valence-electron chi connectivity index (χ2n) is 8.15. The van der Waals surface area contributed by atoms with Crippen LogP contribution in [0.4, 0.5) is 4.79 Å². The number of rotatable bonds is 7. The molecule has 35 heavy (non-hydrogen) atoms. The van der Waals surface area contributed by atoms with Crippen molar-refractivity contribution in [1.82, 2.24) is 4.90 Å². The van der Waals surface area contributed by atoms with Gasteiger partial charge in [-0.2, -0.15) is 0 Å². The van der Waals surface area contributed by atoms with E-state index < -0.39 is 5.97 Å². The second-order valence-corrected chi connectivity index (χ2v) is 9.14. The maximum Gasteiger partial charge on any atom is 0.343 e. The van der Waals surface area contributed by atoms with E-state index in [1.807, 2.05) is 57.2 Å². The Kier molecular flexibility index (Phi) is 7.36. The number of aryl methyl sites for hydroxylation is 2. The highest BCUT2D eigenvalue weighted by Crippen LogP contribution is 2.35. The normalized spacial score (nSPS) is 14.5. The number of imide groups is 1. The standard InChI is InChI=1S/C28H25NO5S/c1-4-33-24-15-21(11-14-23(24)34-27(31)22-12-7-19(3)8-13-22)16-25-26(30)29(28(32)35-25)17-20-9-5-18(2)6-10-20/h5-16H,4,17H2,1-3H3/b25-16-. The predicted molar refractivity (Wildman–Crippen MR) is 136 cm³/mol. The van der Waals surface area contributed by atoms with E-state index in [1.165, 1.54) is 4.90 Å². The van der Waals surface area contributed by atoms with Gasteiger partial charge in [0.2, 0.25) is 0 Å². The zero-order chi connectivity index (χ0) is 24.9. The third kappa shape index (κ3) is 5.81. The van der Waals surface area contributed by atoms with Crippen LogP contribution in [0.15, 0.2) is 71.6 Å². The average Bonchev–Trinajstić information content (AvgIpc) is 3.10. The minimum atomic E-state index is -0.490. The molecule has 4 rings (SSSR count). The van der Waals surface area contributed by atoms with Gasteiger partial charge < -0.3 is 9.47 Å². The minimum absolute atomic E-state index is 0.223. The largest absolute Gasteiger partial charge is 0.490 e. The van der Waals surface area contributed by atoms with E-state index >= 15 is 0 Å². The summed E-state index contributed by atoms with van der Waals surface area (Å²) in [6.45, 7) is 6.34. The zero-order valence-corrected chi connectivity index (χ0v) is 20.6. The van der Waals surface area contributed by atoms with Crippen molar-refractivity contribution in [1.29, 1.82) is 0 Å². The lowest BCUT2D eigenvalue weighted by Gasteiger charge is -2.13. The summed E-state index contributed by atoms with van der Waals surface area (Å²) < 4.78 is 11.2. The first-order valence-electron chi connectivity index (χ1n) is 11.2. The smallest absolute Gasteiger partial charge is 0.343 e. The minimum Gasteiger partial charge on any atom is -0.490 e. The highest BCUT2D eigenvalue weighted by Gasteiger charge is 2.35. The number of amides is 2. The molecule has 3 aromatic carbocycles. The molecule has 0 radical (unpaired) electrons. The number of hydrogen-bond donors (Lipinski definition) is 0. The van der Waals surface area contributed by atoms with Crippen molar-refractivity contribution in [3.63, 3.8) is 0 Å². The molecule has 0 aromatic heterocycles. The van der Waals surface area contributed by atoms with Gasteiger partial charge in [-0.05, 0) is 74.0 Å². The van der Waals surface area contributed by atoms with Crippen molar-refractivity contribution in [3.8, 4) is 11.5 Å². The molecule has 1 saturated heterocycles. The molecular weight excluding hydrogens is 462 g/mol. The second kappa shape index (κ2) is 10.6. The summed E-state index contributed by atoms with van der Waals surface area (Å²) in [5.74, 6) is -0.174. The van der Waals surface area contributed by atoms with E-state index in [1.54, 1.807) is 36.4 Å². The SMILES string of the molecule is CCOc1cc(/C=C2\SC(=O)N(Cc3ccc(C)cc3)C2=O)ccc1OC(=O)c1ccc(C)cc1. The van der Waals surface area contributed by atoms with Crippen LogP contribution in [0, 0.1) is 13.8 Å². The molecule has 0 bridgehead atoms. The number of carbonyl (C=O) groups is 3. The van der Waals surface area contributed by atoms with Gasteiger partial charge >= 0.3 is 5.97 Å². The van der Waals surface area contributed by atoms with Gasteiger partial charge in [0, 0.05) is 0 Å². The Morgan fingerprint density at radius 1 is 0.914 bits per heavy atom. The molecule has 0 spiro atoms. The highest BCUT2D eigenvalue weighted by molar-refractivity contribution is 8.18. The summed E-state index contributed by atoms with van der Waals surface area (Å²) >= 11 is 0.904. The van der Waals surface area contributed by atoms with Gasteiger partial charge in [-0.3, -0.25) is 14.5 Å². The fraction of sp³-hybridized carbons (Fsp3) is 0.179. The molecule has 7 heteroatoms. The number of thioether (sulfide) groups is 1. The first-order chi connectivity index (χ1) is 16.8. The van der Waals surface area contributed by atoms with Crippen LogP contribution in [-0.4, -0.2) is 28.6 Å². The predicted octanol–water partition coefficient (Wildman–Crippen LogP) is 6.16. The van der Waals surface area contributed by atoms with Gasteiger partial charge in [0.25, 0.3) is 11.1 Å². The van der Waals surface area contributed by atoms with Crippen LogP contribution in [0.2, 0.25) is 0 Å². The van der Waals surface area contributed by atoms with Crippen molar-refractivity contribution in [3.05, 3.63) is 99.5 Å². The quantitative estimate of drug-likeness (QED) is 0.226. The topological polar surface area (TPSA) is 72.9 Å². The zero-order valence-electron chi connectivity index (χ0n) is 19.7. The summed E-state index contributed by atoms with van der Waals surface area (Å²) in [6.07, 6.45) is 1.65. The Bertz CT molecular complexity index is 1300. The lowest BCUT2D eigenvalue weighted by molar-refractivity contribution is -0.123. The Hall–Kier alpha value is -3.84. The lowest BCUT2D eigenvalue weighted by atomic mass is 10.1. The van der Waals surface area contributed by atoms with Crippen molar-refractivity contribution >= 4 is 35.0 Å². The van der Waals surface area contributed by atoms with E-state index in [-0.39, 0.29) is 23.4 Å². The molecule has 2 amide bonds. The molecule has 178 valence electrons. The van der Waals surface area contributed by atoms with Gasteiger partial charge in [0.1, 0.15) is 0 Å². The third-order valence-corrected chi connectivity index (χ3v) is 6.30. The molecule has 0 aliphatic carbocycles. The molecular formula is C28H25NO5S. The molecule has 1 aliphatic heterocycles. The van der Waals surface area contributed by atoms with Crippen LogP contribution in [0.1, 0.15) is 39.5 Å². The van der Waals surface area contributed by atoms with Crippen molar-refractivity contribution in [2.24, 2.45) is 0 Å². The molecule has 0 atom stereocenters. The monoisotopic (exact) mass is 487 g/mol. The number of benzene rings is 3. The van der Waals surface area contributed by atoms with E-state index in [2.05, 4.69) is 0 Å². The van der Waals surface area contributed by atoms with Crippen LogP contribution in [0.25, 0.3) is 6.08 Å². The molecule has 1 aliphatic rings. The van der Waals surface area contributed by atoms with Crippen LogP contribution in [0.3, 0.4) is 0 Å². The summed E-state index contributed by atoms with van der Waals surface area (Å²) in [5, 5.41) is -0.310. The van der Waals surface area contributed by atoms with Crippen molar-refractivity contribution < 1.29 is 23.9 Å². The van der Waals surface area contributed by atoms with Crippen molar-refractivity contribution in [2.45, 2.75) is 27.3 Å². The van der Waals surface area contributed by atoms with E-state index in [4.69, 9.17) is 9.47 Å². The van der Waals surface area contributed by atoms with Crippen LogP contribution >= 0.6 is 11.8 Å². The maximum atomic E-state index is 12.9. The molecule has 1 fully saturated rings. The number of nitrogens with zero attached hydrogens (tertiary/aromatic N) is 1. The van der Waals surface area contributed by atoms with Gasteiger partial charge in [-0.15, -0.1) is 0 Å². The highest BCUT2D eigenvalue weighted by atomic mass is 32.2. The van der Waals surface area contributed by atoms with Crippen LogP contribution in [0.5, 0.6) is 11.5 Å². The molecule has 1 heterocycles. The Labute approximate surface area is 208 Å². The van der Waals surface area contributed by atoms with Gasteiger partial charge in [0.05, 0.1) is 23.6 Å². The molecule has 0 saturated carbocycles. The molecule has 3 aromatic rings. The van der Waals surface area contributed by atoms with Crippen LogP contribution in [-0.2, 0) is 11.3 Å². The fourth-order valence-corrected chi connectivity index (χ4v) is 4.32. The van der Waals surface area contributed by atoms with Gasteiger partial charge in [0.15, 0.2) is 11.5 Å². The number of hydrogen-bond acceptors (Lipinski definition) is 6. The third-order valence-electron chi connectivity index (χ3n) is 5.39. The number of carbonyl (C=O) groups excluding carboxylic acids is 3. The molecule has 0 unspecified atom stereocenters. The Morgan fingerprint density at radius 2 is 1.57 bits per heavy atom. The van der Waals surface area contributed by atoms with Crippen LogP contribution < -0.4 is 9.47 Å². The summed E-state index contributed by atoms with van der Waals surface area (Å²) in [6, 6.07) is 19.9. The first-order valence-corrected chi connectivity index (χ1v) is 12.0. The van der Waals surface area contributed by atoms with Gasteiger partial charge in [-0.1, -0.05) is 53.6 Å². The van der Waals surface area contributed by atoms with E-state index in [9.17, 15) is 14.4 Å². The summed E-state index contributed by atoms with van der Waals surface area (Å²) in [5.41, 5.74) is 4.14. The average molecular weight is 488 g/mol. The van der Waals surface area contributed by atoms with E-state index in [0.29, 0.717) is 28.4 Å². The van der Waals surface area contributed by atoms with Crippen molar-refractivity contribution in [2.75, 3.05) is 6.61 Å².